The molecule has 0 heterocycles. The molecule has 3 atom stereocenters. The van der Waals surface area contributed by atoms with Crippen molar-refractivity contribution in [2.45, 2.75) is 71.8 Å². The van der Waals surface area contributed by atoms with E-state index < -0.39 is 0 Å². The maximum Gasteiger partial charge on any atom is 0.0621 e. The van der Waals surface area contributed by atoms with Gasteiger partial charge in [0.05, 0.1) is 6.61 Å². The summed E-state index contributed by atoms with van der Waals surface area (Å²) in [6.07, 6.45) is 9.95. The van der Waals surface area contributed by atoms with E-state index in [0.717, 1.165) is 19.1 Å². The molecule has 0 aromatic carbocycles. The second-order valence-electron chi connectivity index (χ2n) is 8.95. The summed E-state index contributed by atoms with van der Waals surface area (Å²) in [5, 5.41) is 3.84. The topological polar surface area (TPSA) is 21.3 Å². The van der Waals surface area contributed by atoms with Crippen molar-refractivity contribution in [3.8, 4) is 0 Å². The van der Waals surface area contributed by atoms with Gasteiger partial charge in [0.1, 0.15) is 0 Å². The Bertz CT molecular complexity index is 348. The Morgan fingerprint density at radius 2 is 1.75 bits per heavy atom. The van der Waals surface area contributed by atoms with Crippen molar-refractivity contribution in [1.29, 1.82) is 0 Å². The first-order chi connectivity index (χ1) is 9.43. The molecule has 20 heavy (non-hydrogen) atoms. The zero-order chi connectivity index (χ0) is 14.4. The van der Waals surface area contributed by atoms with Crippen LogP contribution in [-0.2, 0) is 4.74 Å². The van der Waals surface area contributed by atoms with Gasteiger partial charge in [-0.2, -0.15) is 0 Å². The number of hydrogen-bond acceptors (Lipinski definition) is 2. The fourth-order valence-electron chi connectivity index (χ4n) is 6.86. The van der Waals surface area contributed by atoms with Gasteiger partial charge in [-0.1, -0.05) is 20.8 Å². The van der Waals surface area contributed by atoms with Crippen LogP contribution in [0.4, 0.5) is 0 Å². The monoisotopic (exact) mass is 279 g/mol. The fraction of sp³-hybridized carbons (Fsp3) is 1.00. The molecule has 1 N–H and O–H groups in total. The summed E-state index contributed by atoms with van der Waals surface area (Å²) < 4.78 is 5.59. The lowest BCUT2D eigenvalue weighted by Gasteiger charge is -2.67. The molecule has 0 aromatic heterocycles. The van der Waals surface area contributed by atoms with Crippen LogP contribution in [0.25, 0.3) is 0 Å². The standard InChI is InChI=1S/C18H33NO/c1-5-6-19-15(10-20-4)18-9-14-7-16(2,12-18)11-17(3,8-14)13-18/h14-15,19H,5-13H2,1-4H3. The summed E-state index contributed by atoms with van der Waals surface area (Å²) in [5.41, 5.74) is 1.72. The smallest absolute Gasteiger partial charge is 0.0621 e. The quantitative estimate of drug-likeness (QED) is 0.793. The van der Waals surface area contributed by atoms with Crippen LogP contribution in [0.2, 0.25) is 0 Å². The fourth-order valence-corrected chi connectivity index (χ4v) is 6.86. The molecule has 4 bridgehead atoms. The Kier molecular flexibility index (Phi) is 3.70. The van der Waals surface area contributed by atoms with Crippen molar-refractivity contribution >= 4 is 0 Å². The Hall–Kier alpha value is -0.0800. The molecule has 4 aliphatic carbocycles. The molecule has 0 aliphatic heterocycles. The second kappa shape index (κ2) is 4.98. The highest BCUT2D eigenvalue weighted by Crippen LogP contribution is 2.70. The third-order valence-corrected chi connectivity index (χ3v) is 6.38. The summed E-state index contributed by atoms with van der Waals surface area (Å²) in [4.78, 5) is 0. The predicted octanol–water partition coefficient (Wildman–Crippen LogP) is 4.00. The lowest BCUT2D eigenvalue weighted by Crippen LogP contribution is -2.62. The highest BCUT2D eigenvalue weighted by Gasteiger charge is 2.61. The van der Waals surface area contributed by atoms with E-state index in [1.807, 2.05) is 7.11 Å². The summed E-state index contributed by atoms with van der Waals surface area (Å²) in [7, 11) is 1.87. The Balaban J connectivity index is 1.86. The van der Waals surface area contributed by atoms with Crippen molar-refractivity contribution in [2.24, 2.45) is 22.2 Å². The molecule has 0 amide bonds. The van der Waals surface area contributed by atoms with Gasteiger partial charge < -0.3 is 10.1 Å². The molecule has 4 saturated carbocycles. The van der Waals surface area contributed by atoms with Gasteiger partial charge >= 0.3 is 0 Å². The van der Waals surface area contributed by atoms with E-state index in [2.05, 4.69) is 26.1 Å². The van der Waals surface area contributed by atoms with Gasteiger partial charge in [-0.25, -0.2) is 0 Å². The molecule has 116 valence electrons. The largest absolute Gasteiger partial charge is 0.383 e. The van der Waals surface area contributed by atoms with Gasteiger partial charge in [-0.05, 0) is 73.7 Å². The SMILES string of the molecule is CCCNC(COC)C12CC3CC(C)(CC(C)(C3)C1)C2. The number of ether oxygens (including phenoxy) is 1. The first-order valence-corrected chi connectivity index (χ1v) is 8.65. The lowest BCUT2D eigenvalue weighted by molar-refractivity contribution is -0.163. The van der Waals surface area contributed by atoms with E-state index in [-0.39, 0.29) is 0 Å². The van der Waals surface area contributed by atoms with Crippen LogP contribution in [0.1, 0.15) is 65.7 Å². The summed E-state index contributed by atoms with van der Waals surface area (Å²) in [5.74, 6) is 0.976. The number of methoxy groups -OCH3 is 1. The zero-order valence-corrected chi connectivity index (χ0v) is 13.9. The number of hydrogen-bond donors (Lipinski definition) is 1. The van der Waals surface area contributed by atoms with Gasteiger partial charge in [0.15, 0.2) is 0 Å². The molecule has 2 heteroatoms. The molecular weight excluding hydrogens is 246 g/mol. The van der Waals surface area contributed by atoms with Crippen LogP contribution >= 0.6 is 0 Å². The predicted molar refractivity (Wildman–Crippen MR) is 83.8 cm³/mol. The highest BCUT2D eigenvalue weighted by molar-refractivity contribution is 5.13. The van der Waals surface area contributed by atoms with Crippen molar-refractivity contribution in [2.75, 3.05) is 20.3 Å². The summed E-state index contributed by atoms with van der Waals surface area (Å²) >= 11 is 0. The van der Waals surface area contributed by atoms with Crippen molar-refractivity contribution in [3.05, 3.63) is 0 Å². The van der Waals surface area contributed by atoms with E-state index in [4.69, 9.17) is 4.74 Å². The van der Waals surface area contributed by atoms with Gasteiger partial charge in [0.25, 0.3) is 0 Å². The average molecular weight is 279 g/mol. The maximum atomic E-state index is 5.59. The normalized spacial score (nSPS) is 47.7. The molecule has 3 unspecified atom stereocenters. The molecule has 0 aromatic rings. The number of nitrogens with one attached hydrogen (secondary N) is 1. The zero-order valence-electron chi connectivity index (χ0n) is 13.9. The van der Waals surface area contributed by atoms with Crippen LogP contribution in [0.3, 0.4) is 0 Å². The second-order valence-corrected chi connectivity index (χ2v) is 8.95. The Morgan fingerprint density at radius 1 is 1.10 bits per heavy atom. The van der Waals surface area contributed by atoms with E-state index >= 15 is 0 Å². The molecule has 4 aliphatic rings. The third kappa shape index (κ3) is 2.43. The van der Waals surface area contributed by atoms with Crippen LogP contribution in [0, 0.1) is 22.2 Å². The van der Waals surface area contributed by atoms with Gasteiger partial charge in [-0.3, -0.25) is 0 Å². The molecule has 0 spiro atoms. The minimum absolute atomic E-state index is 0.508. The summed E-state index contributed by atoms with van der Waals surface area (Å²) in [6.45, 7) is 9.41. The van der Waals surface area contributed by atoms with E-state index in [0.29, 0.717) is 22.3 Å². The minimum Gasteiger partial charge on any atom is -0.383 e. The van der Waals surface area contributed by atoms with Crippen molar-refractivity contribution < 1.29 is 4.74 Å². The highest BCUT2D eigenvalue weighted by atomic mass is 16.5. The van der Waals surface area contributed by atoms with Crippen LogP contribution in [0.5, 0.6) is 0 Å². The van der Waals surface area contributed by atoms with Gasteiger partial charge in [-0.15, -0.1) is 0 Å². The first-order valence-electron chi connectivity index (χ1n) is 8.65. The Morgan fingerprint density at radius 3 is 2.25 bits per heavy atom. The molecule has 0 saturated heterocycles. The average Bonchev–Trinajstić information content (AvgIpc) is 2.29. The van der Waals surface area contributed by atoms with E-state index in [1.54, 1.807) is 0 Å². The minimum atomic E-state index is 0.508. The Labute approximate surface area is 125 Å². The number of rotatable bonds is 6. The maximum absolute atomic E-state index is 5.59. The van der Waals surface area contributed by atoms with Gasteiger partial charge in [0.2, 0.25) is 0 Å². The molecular formula is C18H33NO. The lowest BCUT2D eigenvalue weighted by atomic mass is 9.39. The van der Waals surface area contributed by atoms with Crippen molar-refractivity contribution in [3.63, 3.8) is 0 Å². The molecule has 0 radical (unpaired) electrons. The van der Waals surface area contributed by atoms with Crippen LogP contribution < -0.4 is 5.32 Å². The first kappa shape index (κ1) is 14.8. The molecule has 4 rings (SSSR count). The van der Waals surface area contributed by atoms with E-state index in [9.17, 15) is 0 Å². The van der Waals surface area contributed by atoms with Gasteiger partial charge in [0, 0.05) is 13.2 Å². The van der Waals surface area contributed by atoms with Crippen LogP contribution in [-0.4, -0.2) is 26.3 Å². The molecule has 2 nitrogen and oxygen atoms in total. The summed E-state index contributed by atoms with van der Waals surface area (Å²) in [6, 6.07) is 0.564. The van der Waals surface area contributed by atoms with E-state index in [1.165, 1.54) is 44.9 Å². The molecule has 4 fully saturated rings. The van der Waals surface area contributed by atoms with Crippen LogP contribution in [0.15, 0.2) is 0 Å². The van der Waals surface area contributed by atoms with Crippen molar-refractivity contribution in [1.82, 2.24) is 5.32 Å². The third-order valence-electron chi connectivity index (χ3n) is 6.38.